The van der Waals surface area contributed by atoms with Crippen LogP contribution in [0.4, 0.5) is 5.13 Å². The predicted molar refractivity (Wildman–Crippen MR) is 94.8 cm³/mol. The first-order valence-corrected chi connectivity index (χ1v) is 8.65. The molecule has 126 valence electrons. The lowest BCUT2D eigenvalue weighted by atomic mass is 10.1. The number of hydrogen-bond donors (Lipinski definition) is 2. The molecule has 0 saturated heterocycles. The Kier molecular flexibility index (Phi) is 3.81. The molecule has 8 heteroatoms. The number of ketones is 1. The fraction of sp³-hybridized carbons (Fsp3) is 0.312. The van der Waals surface area contributed by atoms with E-state index >= 15 is 0 Å². The molecular weight excluding hydrogens is 326 g/mol. The Hall–Kier alpha value is -2.61. The molecule has 1 fully saturated rings. The quantitative estimate of drug-likeness (QED) is 0.714. The Bertz CT molecular complexity index is 922. The molecule has 2 N–H and O–H groups in total. The molecule has 1 aliphatic rings. The molecule has 0 aromatic carbocycles. The minimum absolute atomic E-state index is 0. The molecule has 4 rings (SSSR count). The van der Waals surface area contributed by atoms with E-state index < -0.39 is 0 Å². The molecule has 0 aliphatic heterocycles. The van der Waals surface area contributed by atoms with Crippen molar-refractivity contribution in [1.82, 2.24) is 19.9 Å². The number of carbonyl (C=O) groups is 2. The monoisotopic (exact) mass is 345 g/mol. The van der Waals surface area contributed by atoms with Crippen LogP contribution in [0.1, 0.15) is 28.5 Å². The van der Waals surface area contributed by atoms with Crippen molar-refractivity contribution in [1.29, 1.82) is 0 Å². The van der Waals surface area contributed by atoms with Crippen molar-refractivity contribution < 1.29 is 12.4 Å². The van der Waals surface area contributed by atoms with E-state index in [2.05, 4.69) is 25.3 Å². The van der Waals surface area contributed by atoms with E-state index in [4.69, 9.17) is 0 Å². The van der Waals surface area contributed by atoms with E-state index in [1.54, 1.807) is 6.20 Å². The van der Waals surface area contributed by atoms with Crippen LogP contribution < -0.4 is 5.32 Å². The zero-order chi connectivity index (χ0) is 16.5. The summed E-state index contributed by atoms with van der Waals surface area (Å²) in [7, 11) is 0. The number of nitrogens with zero attached hydrogens (tertiary/aromatic N) is 3. The molecule has 24 heavy (non-hydrogen) atoms. The van der Waals surface area contributed by atoms with E-state index in [1.807, 2.05) is 11.4 Å². The molecule has 1 aliphatic carbocycles. The first-order chi connectivity index (χ1) is 11.7. The number of amides is 1. The fourth-order valence-electron chi connectivity index (χ4n) is 2.54. The average molecular weight is 345 g/mol. The third-order valence-electron chi connectivity index (χ3n) is 3.98. The van der Waals surface area contributed by atoms with Crippen LogP contribution in [0.3, 0.4) is 0 Å². The first-order valence-electron chi connectivity index (χ1n) is 7.77. The Balaban J connectivity index is 0.00000121. The highest BCUT2D eigenvalue weighted by molar-refractivity contribution is 7.14. The van der Waals surface area contributed by atoms with Crippen LogP contribution in [-0.4, -0.2) is 31.6 Å². The molecule has 7 nitrogen and oxygen atoms in total. The summed E-state index contributed by atoms with van der Waals surface area (Å²) in [6.45, 7) is 0. The fourth-order valence-corrected chi connectivity index (χ4v) is 3.26. The number of nitrogens with one attached hydrogen (secondary N) is 2. The standard InChI is InChI=1S/C16H15N5O2S.2H2/c22-12(9-1-2-9)3-4-13(23)21-16-20-11(7-24-16)14-10-5-6-17-15(10)19-8-18-14;;/h5-9H,1-4H2,(H,17,18,19)(H,20,21,23);2*1H. The first kappa shape index (κ1) is 14.9. The number of fused-ring (bicyclic) bond motifs is 1. The normalized spacial score (nSPS) is 14.0. The zero-order valence-electron chi connectivity index (χ0n) is 12.8. The van der Waals surface area contributed by atoms with E-state index in [1.165, 1.54) is 17.7 Å². The van der Waals surface area contributed by atoms with Crippen LogP contribution in [0.15, 0.2) is 24.0 Å². The summed E-state index contributed by atoms with van der Waals surface area (Å²) in [5, 5.41) is 6.00. The van der Waals surface area contributed by atoms with Gasteiger partial charge in [0.15, 0.2) is 5.13 Å². The average Bonchev–Trinajstić information content (AvgIpc) is 3.14. The van der Waals surface area contributed by atoms with Gasteiger partial charge in [-0.25, -0.2) is 15.0 Å². The second-order valence-electron chi connectivity index (χ2n) is 5.79. The Labute approximate surface area is 144 Å². The lowest BCUT2D eigenvalue weighted by Crippen LogP contribution is -2.13. The van der Waals surface area contributed by atoms with Crippen molar-refractivity contribution in [3.05, 3.63) is 24.0 Å². The van der Waals surface area contributed by atoms with Crippen LogP contribution in [-0.2, 0) is 9.59 Å². The van der Waals surface area contributed by atoms with Crippen LogP contribution >= 0.6 is 11.3 Å². The second-order valence-corrected chi connectivity index (χ2v) is 6.65. The van der Waals surface area contributed by atoms with Crippen molar-refractivity contribution in [3.63, 3.8) is 0 Å². The highest BCUT2D eigenvalue weighted by atomic mass is 32.1. The lowest BCUT2D eigenvalue weighted by Gasteiger charge is -2.01. The molecule has 3 aromatic rings. The minimum atomic E-state index is -0.181. The predicted octanol–water partition coefficient (Wildman–Crippen LogP) is 3.27. The highest BCUT2D eigenvalue weighted by Crippen LogP contribution is 2.31. The molecule has 1 saturated carbocycles. The Morgan fingerprint density at radius 1 is 1.33 bits per heavy atom. The lowest BCUT2D eigenvalue weighted by molar-refractivity contribution is -0.123. The van der Waals surface area contributed by atoms with Gasteiger partial charge in [0.1, 0.15) is 29.1 Å². The summed E-state index contributed by atoms with van der Waals surface area (Å²) in [6.07, 6.45) is 5.75. The molecule has 0 radical (unpaired) electrons. The van der Waals surface area contributed by atoms with Gasteiger partial charge in [0.25, 0.3) is 0 Å². The number of Topliss-reactive ketones (excluding diaryl/α,β-unsaturated/α-hetero) is 1. The van der Waals surface area contributed by atoms with E-state index in [0.717, 1.165) is 29.6 Å². The summed E-state index contributed by atoms with van der Waals surface area (Å²) in [5.41, 5.74) is 2.16. The summed E-state index contributed by atoms with van der Waals surface area (Å²) < 4.78 is 0. The number of hydrogen-bond acceptors (Lipinski definition) is 6. The number of thiazole rings is 1. The van der Waals surface area contributed by atoms with Crippen molar-refractivity contribution in [3.8, 4) is 11.4 Å². The topological polar surface area (TPSA) is 101 Å². The maximum atomic E-state index is 11.9. The minimum Gasteiger partial charge on any atom is -0.346 e. The number of H-pyrrole nitrogens is 1. The smallest absolute Gasteiger partial charge is 0.226 e. The van der Waals surface area contributed by atoms with E-state index in [0.29, 0.717) is 17.2 Å². The molecule has 0 spiro atoms. The van der Waals surface area contributed by atoms with Gasteiger partial charge >= 0.3 is 0 Å². The molecular formula is C16H19N5O2S. The van der Waals surface area contributed by atoms with Gasteiger partial charge in [-0.05, 0) is 18.9 Å². The summed E-state index contributed by atoms with van der Waals surface area (Å²) in [5.74, 6) is 0.214. The second kappa shape index (κ2) is 6.12. The van der Waals surface area contributed by atoms with Crippen molar-refractivity contribution in [2.75, 3.05) is 5.32 Å². The van der Waals surface area contributed by atoms with Crippen molar-refractivity contribution >= 4 is 39.2 Å². The number of anilines is 1. The molecule has 0 unspecified atom stereocenters. The van der Waals surface area contributed by atoms with Crippen LogP contribution in [0.5, 0.6) is 0 Å². The van der Waals surface area contributed by atoms with E-state index in [9.17, 15) is 9.59 Å². The molecule has 0 bridgehead atoms. The van der Waals surface area contributed by atoms with Gasteiger partial charge in [0.05, 0.1) is 0 Å². The molecule has 1 amide bonds. The van der Waals surface area contributed by atoms with E-state index in [-0.39, 0.29) is 26.9 Å². The molecule has 3 aromatic heterocycles. The van der Waals surface area contributed by atoms with Gasteiger partial charge in [-0.2, -0.15) is 0 Å². The third-order valence-corrected chi connectivity index (χ3v) is 4.74. The van der Waals surface area contributed by atoms with Gasteiger partial charge in [0.2, 0.25) is 5.91 Å². The maximum Gasteiger partial charge on any atom is 0.226 e. The molecule has 0 atom stereocenters. The summed E-state index contributed by atoms with van der Waals surface area (Å²) in [6, 6.07) is 1.89. The third kappa shape index (κ3) is 3.05. The highest BCUT2D eigenvalue weighted by Gasteiger charge is 2.29. The van der Waals surface area contributed by atoms with Gasteiger partial charge < -0.3 is 10.3 Å². The van der Waals surface area contributed by atoms with Gasteiger partial charge in [-0.1, -0.05) is 0 Å². The van der Waals surface area contributed by atoms with Crippen LogP contribution in [0.2, 0.25) is 0 Å². The zero-order valence-corrected chi connectivity index (χ0v) is 13.6. The van der Waals surface area contributed by atoms with Crippen molar-refractivity contribution in [2.24, 2.45) is 5.92 Å². The van der Waals surface area contributed by atoms with Crippen LogP contribution in [0.25, 0.3) is 22.4 Å². The summed E-state index contributed by atoms with van der Waals surface area (Å²) >= 11 is 1.34. The van der Waals surface area contributed by atoms with Gasteiger partial charge in [-0.15, -0.1) is 11.3 Å². The largest absolute Gasteiger partial charge is 0.346 e. The maximum absolute atomic E-state index is 11.9. The molecule has 3 heterocycles. The Morgan fingerprint density at radius 2 is 2.21 bits per heavy atom. The number of carbonyl (C=O) groups excluding carboxylic acids is 2. The van der Waals surface area contributed by atoms with Gasteiger partial charge in [-0.3, -0.25) is 9.59 Å². The van der Waals surface area contributed by atoms with Crippen molar-refractivity contribution in [2.45, 2.75) is 25.7 Å². The number of aromatic nitrogens is 4. The van der Waals surface area contributed by atoms with Crippen LogP contribution in [0, 0.1) is 5.92 Å². The Morgan fingerprint density at radius 3 is 3.04 bits per heavy atom. The number of aromatic amines is 1. The summed E-state index contributed by atoms with van der Waals surface area (Å²) in [4.78, 5) is 39.5. The number of rotatable bonds is 6. The SMILES string of the molecule is O=C(CCC(=O)C1CC1)Nc1nc(-c2ncnc3[nH]ccc23)cs1.[HH].[HH]. The van der Waals surface area contributed by atoms with Gasteiger partial charge in [0, 0.05) is 38.6 Å².